The molecule has 0 fully saturated rings. The zero-order valence-corrected chi connectivity index (χ0v) is 7.45. The number of carboxylic acids is 1. The summed E-state index contributed by atoms with van der Waals surface area (Å²) in [6, 6.07) is 5.31. The van der Waals surface area contributed by atoms with Crippen LogP contribution in [0.5, 0.6) is 0 Å². The first-order valence-electron chi connectivity index (χ1n) is 4.26. The third-order valence-electron chi connectivity index (χ3n) is 2.46. The van der Waals surface area contributed by atoms with Gasteiger partial charge in [-0.1, -0.05) is 6.07 Å². The smallest absolute Gasteiger partial charge is 0.335 e. The second kappa shape index (κ2) is 2.76. The van der Waals surface area contributed by atoms with Gasteiger partial charge >= 0.3 is 5.97 Å². The van der Waals surface area contributed by atoms with Crippen LogP contribution in [0.4, 0.5) is 5.69 Å². The molecule has 0 amide bonds. The number of aromatic carboxylic acids is 1. The number of likely N-dealkylation sites (N-methyl/N-ethyl adjacent to an activating group) is 1. The van der Waals surface area contributed by atoms with Crippen molar-refractivity contribution in [1.29, 1.82) is 0 Å². The molecule has 0 radical (unpaired) electrons. The largest absolute Gasteiger partial charge is 0.478 e. The summed E-state index contributed by atoms with van der Waals surface area (Å²) in [5.41, 5.74) is 2.67. The molecule has 3 heteroatoms. The molecule has 1 aromatic rings. The first-order valence-corrected chi connectivity index (χ1v) is 4.26. The minimum Gasteiger partial charge on any atom is -0.478 e. The van der Waals surface area contributed by atoms with Crippen molar-refractivity contribution in [2.45, 2.75) is 6.42 Å². The zero-order valence-electron chi connectivity index (χ0n) is 7.45. The molecule has 0 saturated heterocycles. The highest BCUT2D eigenvalue weighted by Gasteiger charge is 2.16. The molecule has 1 aromatic carbocycles. The Morgan fingerprint density at radius 2 is 2.31 bits per heavy atom. The van der Waals surface area contributed by atoms with Crippen LogP contribution in [0.3, 0.4) is 0 Å². The number of benzene rings is 1. The monoisotopic (exact) mass is 177 g/mol. The van der Waals surface area contributed by atoms with Crippen LogP contribution in [0.1, 0.15) is 15.9 Å². The van der Waals surface area contributed by atoms with Crippen LogP contribution in [-0.2, 0) is 6.42 Å². The van der Waals surface area contributed by atoms with Gasteiger partial charge in [-0.3, -0.25) is 0 Å². The van der Waals surface area contributed by atoms with Crippen molar-refractivity contribution in [3.8, 4) is 0 Å². The predicted octanol–water partition coefficient (Wildman–Crippen LogP) is 1.38. The predicted molar refractivity (Wildman–Crippen MR) is 50.4 cm³/mol. The number of nitrogens with zero attached hydrogens (tertiary/aromatic N) is 1. The molecule has 0 atom stereocenters. The number of rotatable bonds is 1. The van der Waals surface area contributed by atoms with Gasteiger partial charge in [0.1, 0.15) is 0 Å². The molecule has 0 bridgehead atoms. The molecule has 0 saturated carbocycles. The van der Waals surface area contributed by atoms with Crippen molar-refractivity contribution >= 4 is 11.7 Å². The third kappa shape index (κ3) is 1.26. The van der Waals surface area contributed by atoms with Gasteiger partial charge in [-0.05, 0) is 24.1 Å². The lowest BCUT2D eigenvalue weighted by Crippen LogP contribution is -2.12. The summed E-state index contributed by atoms with van der Waals surface area (Å²) >= 11 is 0. The van der Waals surface area contributed by atoms with E-state index in [-0.39, 0.29) is 0 Å². The van der Waals surface area contributed by atoms with Crippen LogP contribution < -0.4 is 4.90 Å². The first kappa shape index (κ1) is 8.10. The van der Waals surface area contributed by atoms with Crippen LogP contribution in [0.15, 0.2) is 18.2 Å². The summed E-state index contributed by atoms with van der Waals surface area (Å²) in [5, 5.41) is 8.78. The van der Waals surface area contributed by atoms with E-state index >= 15 is 0 Å². The van der Waals surface area contributed by atoms with E-state index in [0.29, 0.717) is 5.56 Å². The molecular formula is C10H11NO2. The van der Waals surface area contributed by atoms with Gasteiger partial charge in [0.25, 0.3) is 0 Å². The molecule has 1 aliphatic heterocycles. The van der Waals surface area contributed by atoms with Crippen LogP contribution in [-0.4, -0.2) is 24.7 Å². The lowest BCUT2D eigenvalue weighted by molar-refractivity contribution is 0.0697. The van der Waals surface area contributed by atoms with Gasteiger partial charge in [0, 0.05) is 19.3 Å². The average molecular weight is 177 g/mol. The van der Waals surface area contributed by atoms with Crippen molar-refractivity contribution in [2.75, 3.05) is 18.5 Å². The zero-order chi connectivity index (χ0) is 9.42. The quantitative estimate of drug-likeness (QED) is 0.704. The van der Waals surface area contributed by atoms with E-state index < -0.39 is 5.97 Å². The van der Waals surface area contributed by atoms with E-state index in [1.807, 2.05) is 13.1 Å². The van der Waals surface area contributed by atoms with Gasteiger partial charge < -0.3 is 10.0 Å². The standard InChI is InChI=1S/C10H11NO2/c1-11-5-4-7-2-3-8(10(12)13)6-9(7)11/h2-3,6H,4-5H2,1H3,(H,12,13). The molecule has 0 unspecified atom stereocenters. The maximum Gasteiger partial charge on any atom is 0.335 e. The summed E-state index contributed by atoms with van der Waals surface area (Å²) in [7, 11) is 1.98. The van der Waals surface area contributed by atoms with E-state index in [1.54, 1.807) is 12.1 Å². The fraction of sp³-hybridized carbons (Fsp3) is 0.300. The number of fused-ring (bicyclic) bond motifs is 1. The summed E-state index contributed by atoms with van der Waals surface area (Å²) in [4.78, 5) is 12.8. The fourth-order valence-electron chi connectivity index (χ4n) is 1.67. The second-order valence-electron chi connectivity index (χ2n) is 3.32. The maximum absolute atomic E-state index is 10.7. The highest BCUT2D eigenvalue weighted by atomic mass is 16.4. The third-order valence-corrected chi connectivity index (χ3v) is 2.46. The van der Waals surface area contributed by atoms with Crippen molar-refractivity contribution in [3.63, 3.8) is 0 Å². The average Bonchev–Trinajstić information content (AvgIpc) is 2.47. The summed E-state index contributed by atoms with van der Waals surface area (Å²) in [6.45, 7) is 0.985. The Morgan fingerprint density at radius 1 is 1.54 bits per heavy atom. The Labute approximate surface area is 76.6 Å². The first-order chi connectivity index (χ1) is 6.18. The Kier molecular flexibility index (Phi) is 1.72. The molecule has 1 heterocycles. The van der Waals surface area contributed by atoms with E-state index in [9.17, 15) is 4.79 Å². The molecule has 1 aliphatic rings. The number of hydrogen-bond donors (Lipinski definition) is 1. The second-order valence-corrected chi connectivity index (χ2v) is 3.32. The van der Waals surface area contributed by atoms with Gasteiger partial charge in [0.15, 0.2) is 0 Å². The van der Waals surface area contributed by atoms with Gasteiger partial charge in [0.2, 0.25) is 0 Å². The highest BCUT2D eigenvalue weighted by molar-refractivity contribution is 5.89. The van der Waals surface area contributed by atoms with E-state index in [4.69, 9.17) is 5.11 Å². The fourth-order valence-corrected chi connectivity index (χ4v) is 1.67. The number of anilines is 1. The van der Waals surface area contributed by atoms with Gasteiger partial charge in [0.05, 0.1) is 5.56 Å². The number of carbonyl (C=O) groups is 1. The van der Waals surface area contributed by atoms with Gasteiger partial charge in [-0.25, -0.2) is 4.79 Å². The Hall–Kier alpha value is -1.51. The van der Waals surface area contributed by atoms with Crippen molar-refractivity contribution in [2.24, 2.45) is 0 Å². The Bertz CT molecular complexity index is 360. The molecule has 2 rings (SSSR count). The molecule has 68 valence electrons. The normalized spacial score (nSPS) is 14.4. The Balaban J connectivity index is 2.47. The maximum atomic E-state index is 10.7. The van der Waals surface area contributed by atoms with Crippen molar-refractivity contribution in [3.05, 3.63) is 29.3 Å². The lowest BCUT2D eigenvalue weighted by atomic mass is 10.1. The molecule has 0 aliphatic carbocycles. The van der Waals surface area contributed by atoms with Crippen molar-refractivity contribution < 1.29 is 9.90 Å². The lowest BCUT2D eigenvalue weighted by Gasteiger charge is -2.11. The number of carboxylic acid groups (broad SMARTS) is 1. The van der Waals surface area contributed by atoms with E-state index in [2.05, 4.69) is 4.90 Å². The summed E-state index contributed by atoms with van der Waals surface area (Å²) in [5.74, 6) is -0.858. The summed E-state index contributed by atoms with van der Waals surface area (Å²) < 4.78 is 0. The number of hydrogen-bond acceptors (Lipinski definition) is 2. The van der Waals surface area contributed by atoms with Crippen LogP contribution in [0.25, 0.3) is 0 Å². The summed E-state index contributed by atoms with van der Waals surface area (Å²) in [6.07, 6.45) is 1.02. The minimum absolute atomic E-state index is 0.368. The molecule has 3 nitrogen and oxygen atoms in total. The SMILES string of the molecule is CN1CCc2ccc(C(=O)O)cc21. The molecule has 13 heavy (non-hydrogen) atoms. The van der Waals surface area contributed by atoms with E-state index in [1.165, 1.54) is 5.56 Å². The molecule has 0 aromatic heterocycles. The topological polar surface area (TPSA) is 40.5 Å². The van der Waals surface area contributed by atoms with Gasteiger partial charge in [-0.15, -0.1) is 0 Å². The van der Waals surface area contributed by atoms with Crippen LogP contribution in [0.2, 0.25) is 0 Å². The van der Waals surface area contributed by atoms with Gasteiger partial charge in [-0.2, -0.15) is 0 Å². The molecule has 0 spiro atoms. The van der Waals surface area contributed by atoms with Crippen LogP contribution >= 0.6 is 0 Å². The minimum atomic E-state index is -0.858. The van der Waals surface area contributed by atoms with E-state index in [0.717, 1.165) is 18.7 Å². The molecular weight excluding hydrogens is 166 g/mol. The Morgan fingerprint density at radius 3 is 3.00 bits per heavy atom. The van der Waals surface area contributed by atoms with Crippen LogP contribution in [0, 0.1) is 0 Å². The molecule has 1 N–H and O–H groups in total. The highest BCUT2D eigenvalue weighted by Crippen LogP contribution is 2.27. The van der Waals surface area contributed by atoms with Crippen molar-refractivity contribution in [1.82, 2.24) is 0 Å².